The molecule has 0 saturated carbocycles. The number of methoxy groups -OCH3 is 1. The summed E-state index contributed by atoms with van der Waals surface area (Å²) in [6.07, 6.45) is -1.04. The van der Waals surface area contributed by atoms with Crippen LogP contribution >= 0.6 is 11.3 Å². The van der Waals surface area contributed by atoms with Crippen molar-refractivity contribution in [1.82, 2.24) is 15.6 Å². The van der Waals surface area contributed by atoms with Gasteiger partial charge in [0, 0.05) is 18.2 Å². The van der Waals surface area contributed by atoms with Gasteiger partial charge in [-0.05, 0) is 6.92 Å². The molecule has 1 heterocycles. The number of carbonyl (C=O) groups is 2. The summed E-state index contributed by atoms with van der Waals surface area (Å²) < 4.78 is 4.68. The summed E-state index contributed by atoms with van der Waals surface area (Å²) >= 11 is 1.45. The number of carboxylic acid groups (broad SMARTS) is 1. The van der Waals surface area contributed by atoms with Crippen LogP contribution in [0.15, 0.2) is 5.38 Å². The normalized spacial score (nSPS) is 11.9. The van der Waals surface area contributed by atoms with Crippen LogP contribution in [0.4, 0.5) is 4.79 Å². The summed E-state index contributed by atoms with van der Waals surface area (Å²) in [5, 5.41) is 16.4. The molecule has 0 radical (unpaired) electrons. The van der Waals surface area contributed by atoms with Gasteiger partial charge in [0.1, 0.15) is 5.01 Å². The van der Waals surface area contributed by atoms with Gasteiger partial charge < -0.3 is 20.5 Å². The Labute approximate surface area is 108 Å². The smallest absolute Gasteiger partial charge is 0.334 e. The van der Waals surface area contributed by atoms with Gasteiger partial charge in [0.15, 0.2) is 6.10 Å². The van der Waals surface area contributed by atoms with Crippen LogP contribution in [0, 0.1) is 6.92 Å². The molecule has 0 aliphatic heterocycles. The summed E-state index contributed by atoms with van der Waals surface area (Å²) in [4.78, 5) is 26.2. The van der Waals surface area contributed by atoms with Crippen molar-refractivity contribution in [2.24, 2.45) is 0 Å². The number of carboxylic acids is 1. The Morgan fingerprint density at radius 3 is 2.78 bits per heavy atom. The number of hydrogen-bond donors (Lipinski definition) is 3. The molecule has 1 unspecified atom stereocenters. The molecule has 0 spiro atoms. The third-order valence-corrected chi connectivity index (χ3v) is 3.04. The minimum absolute atomic E-state index is 0.0887. The zero-order chi connectivity index (χ0) is 13.5. The van der Waals surface area contributed by atoms with E-state index < -0.39 is 18.1 Å². The minimum atomic E-state index is -1.12. The first kappa shape index (κ1) is 14.4. The van der Waals surface area contributed by atoms with Gasteiger partial charge in [-0.3, -0.25) is 0 Å². The molecule has 2 amide bonds. The molecule has 0 aliphatic rings. The Hall–Kier alpha value is -1.67. The van der Waals surface area contributed by atoms with E-state index in [2.05, 4.69) is 20.4 Å². The molecule has 1 rings (SSSR count). The Bertz CT molecular complexity index is 421. The van der Waals surface area contributed by atoms with Gasteiger partial charge in [-0.15, -0.1) is 11.3 Å². The number of aromatic nitrogens is 1. The van der Waals surface area contributed by atoms with Crippen LogP contribution in [0.1, 0.15) is 10.7 Å². The lowest BCUT2D eigenvalue weighted by atomic mass is 10.3. The number of rotatable bonds is 6. The summed E-state index contributed by atoms with van der Waals surface area (Å²) in [6, 6.07) is -0.453. The minimum Gasteiger partial charge on any atom is -0.479 e. The summed E-state index contributed by atoms with van der Waals surface area (Å²) in [6.45, 7) is 2.10. The Balaban J connectivity index is 2.27. The number of amides is 2. The van der Waals surface area contributed by atoms with Crippen LogP contribution in [0.25, 0.3) is 0 Å². The third-order valence-electron chi connectivity index (χ3n) is 2.07. The maximum absolute atomic E-state index is 11.4. The highest BCUT2D eigenvalue weighted by atomic mass is 32.1. The van der Waals surface area contributed by atoms with Crippen molar-refractivity contribution in [3.63, 3.8) is 0 Å². The van der Waals surface area contributed by atoms with E-state index in [-0.39, 0.29) is 6.54 Å². The fraction of sp³-hybridized carbons (Fsp3) is 0.500. The highest BCUT2D eigenvalue weighted by Crippen LogP contribution is 2.07. The number of urea groups is 1. The molecule has 18 heavy (non-hydrogen) atoms. The first-order chi connectivity index (χ1) is 8.52. The van der Waals surface area contributed by atoms with E-state index >= 15 is 0 Å². The fourth-order valence-electron chi connectivity index (χ4n) is 1.16. The Kier molecular flexibility index (Phi) is 5.53. The molecule has 0 bridgehead atoms. The molecule has 1 aromatic heterocycles. The van der Waals surface area contributed by atoms with E-state index in [0.717, 1.165) is 10.7 Å². The van der Waals surface area contributed by atoms with Gasteiger partial charge in [-0.1, -0.05) is 0 Å². The van der Waals surface area contributed by atoms with Crippen LogP contribution in [-0.4, -0.2) is 41.8 Å². The van der Waals surface area contributed by atoms with Crippen LogP contribution in [-0.2, 0) is 16.1 Å². The summed E-state index contributed by atoms with van der Waals surface area (Å²) in [7, 11) is 1.27. The van der Waals surface area contributed by atoms with E-state index in [9.17, 15) is 9.59 Å². The lowest BCUT2D eigenvalue weighted by Crippen LogP contribution is -2.42. The fourth-order valence-corrected chi connectivity index (χ4v) is 1.87. The summed E-state index contributed by atoms with van der Waals surface area (Å²) in [5.41, 5.74) is 0.905. The van der Waals surface area contributed by atoms with Crippen molar-refractivity contribution in [2.75, 3.05) is 13.7 Å². The number of ether oxygens (including phenoxy) is 1. The summed E-state index contributed by atoms with van der Waals surface area (Å²) in [5.74, 6) is -1.12. The van der Waals surface area contributed by atoms with Crippen molar-refractivity contribution in [2.45, 2.75) is 19.6 Å². The van der Waals surface area contributed by atoms with Gasteiger partial charge >= 0.3 is 12.0 Å². The standard InChI is InChI=1S/C10H15N3O4S/c1-6-5-18-8(13-6)4-12-10(16)11-3-7(17-2)9(14)15/h5,7H,3-4H2,1-2H3,(H,14,15)(H2,11,12,16). The van der Waals surface area contributed by atoms with Crippen LogP contribution in [0.2, 0.25) is 0 Å². The molecule has 1 atom stereocenters. The number of carbonyl (C=O) groups excluding carboxylic acids is 1. The molecular weight excluding hydrogens is 258 g/mol. The second-order valence-corrected chi connectivity index (χ2v) is 4.45. The van der Waals surface area contributed by atoms with Crippen molar-refractivity contribution in [3.8, 4) is 0 Å². The Morgan fingerprint density at radius 2 is 2.28 bits per heavy atom. The SMILES string of the molecule is COC(CNC(=O)NCc1nc(C)cs1)C(=O)O. The maximum Gasteiger partial charge on any atom is 0.334 e. The van der Waals surface area contributed by atoms with E-state index in [4.69, 9.17) is 5.11 Å². The second kappa shape index (κ2) is 6.92. The number of nitrogens with zero attached hydrogens (tertiary/aromatic N) is 1. The molecule has 100 valence electrons. The molecule has 0 saturated heterocycles. The number of thiazole rings is 1. The molecule has 0 aromatic carbocycles. The van der Waals surface area contributed by atoms with Crippen molar-refractivity contribution in [1.29, 1.82) is 0 Å². The van der Waals surface area contributed by atoms with Gasteiger partial charge in [-0.2, -0.15) is 0 Å². The quantitative estimate of drug-likeness (QED) is 0.694. The highest BCUT2D eigenvalue weighted by Gasteiger charge is 2.16. The van der Waals surface area contributed by atoms with Crippen LogP contribution in [0.5, 0.6) is 0 Å². The zero-order valence-electron chi connectivity index (χ0n) is 10.1. The average molecular weight is 273 g/mol. The van der Waals surface area contributed by atoms with Gasteiger partial charge in [0.05, 0.1) is 13.1 Å². The van der Waals surface area contributed by atoms with Crippen LogP contribution < -0.4 is 10.6 Å². The number of hydrogen-bond acceptors (Lipinski definition) is 5. The topological polar surface area (TPSA) is 101 Å². The molecule has 0 fully saturated rings. The van der Waals surface area contributed by atoms with E-state index in [1.807, 2.05) is 12.3 Å². The molecular formula is C10H15N3O4S. The maximum atomic E-state index is 11.4. The second-order valence-electron chi connectivity index (χ2n) is 3.51. The molecule has 0 aliphatic carbocycles. The van der Waals surface area contributed by atoms with Crippen LogP contribution in [0.3, 0.4) is 0 Å². The first-order valence-corrected chi connectivity index (χ1v) is 6.09. The van der Waals surface area contributed by atoms with Gasteiger partial charge in [0.25, 0.3) is 0 Å². The number of aryl methyl sites for hydroxylation is 1. The number of nitrogens with one attached hydrogen (secondary N) is 2. The largest absolute Gasteiger partial charge is 0.479 e. The van der Waals surface area contributed by atoms with E-state index in [0.29, 0.717) is 6.54 Å². The lowest BCUT2D eigenvalue weighted by Gasteiger charge is -2.11. The first-order valence-electron chi connectivity index (χ1n) is 5.21. The van der Waals surface area contributed by atoms with Crippen molar-refractivity contribution in [3.05, 3.63) is 16.1 Å². The highest BCUT2D eigenvalue weighted by molar-refractivity contribution is 7.09. The number of aliphatic carboxylic acids is 1. The predicted octanol–water partition coefficient (Wildman–Crippen LogP) is 0.350. The van der Waals surface area contributed by atoms with Gasteiger partial charge in [-0.25, -0.2) is 14.6 Å². The lowest BCUT2D eigenvalue weighted by molar-refractivity contribution is -0.147. The zero-order valence-corrected chi connectivity index (χ0v) is 10.9. The Morgan fingerprint density at radius 1 is 1.56 bits per heavy atom. The average Bonchev–Trinajstić information content (AvgIpc) is 2.73. The predicted molar refractivity (Wildman–Crippen MR) is 65.5 cm³/mol. The van der Waals surface area contributed by atoms with E-state index in [1.165, 1.54) is 18.4 Å². The monoisotopic (exact) mass is 273 g/mol. The van der Waals surface area contributed by atoms with Gasteiger partial charge in [0.2, 0.25) is 0 Å². The molecule has 8 heteroatoms. The molecule has 3 N–H and O–H groups in total. The molecule has 1 aromatic rings. The van der Waals surface area contributed by atoms with E-state index in [1.54, 1.807) is 0 Å². The third kappa shape index (κ3) is 4.68. The molecule has 7 nitrogen and oxygen atoms in total. The van der Waals surface area contributed by atoms with Crippen molar-refractivity contribution < 1.29 is 19.4 Å². The van der Waals surface area contributed by atoms with Crippen molar-refractivity contribution >= 4 is 23.3 Å².